The Morgan fingerprint density at radius 2 is 2.00 bits per heavy atom. The molecule has 3 aliphatic heterocycles. The summed E-state index contributed by atoms with van der Waals surface area (Å²) in [5.41, 5.74) is 0. The van der Waals surface area contributed by atoms with Gasteiger partial charge in [0.25, 0.3) is 0 Å². The number of piperidine rings is 1. The van der Waals surface area contributed by atoms with E-state index in [1.807, 2.05) is 11.8 Å². The van der Waals surface area contributed by atoms with E-state index < -0.39 is 0 Å². The smallest absolute Gasteiger partial charge is 0.242 e. The molecule has 3 saturated heterocycles. The summed E-state index contributed by atoms with van der Waals surface area (Å²) in [5.74, 6) is 0.223. The Labute approximate surface area is 108 Å². The van der Waals surface area contributed by atoms with Gasteiger partial charge >= 0.3 is 0 Å². The molecule has 0 aromatic carbocycles. The minimum atomic E-state index is -0.155. The summed E-state index contributed by atoms with van der Waals surface area (Å²) in [6, 6.07) is 0.847. The summed E-state index contributed by atoms with van der Waals surface area (Å²) in [6.45, 7) is 5.19. The van der Waals surface area contributed by atoms with Crippen molar-refractivity contribution in [2.45, 2.75) is 50.4 Å². The SMILES string of the molecule is C[C@H]1OCCN[C@@H]1C(=O)N1CC2CCCC(C1)N2. The molecule has 0 aliphatic carbocycles. The van der Waals surface area contributed by atoms with E-state index in [0.717, 1.165) is 19.6 Å². The molecule has 2 unspecified atom stereocenters. The number of hydrogen-bond acceptors (Lipinski definition) is 4. The van der Waals surface area contributed by atoms with E-state index >= 15 is 0 Å². The zero-order valence-electron chi connectivity index (χ0n) is 11.0. The highest BCUT2D eigenvalue weighted by Crippen LogP contribution is 2.21. The van der Waals surface area contributed by atoms with Gasteiger partial charge in [0.1, 0.15) is 6.04 Å². The van der Waals surface area contributed by atoms with Gasteiger partial charge in [-0.2, -0.15) is 0 Å². The minimum Gasteiger partial charge on any atom is -0.375 e. The van der Waals surface area contributed by atoms with Crippen molar-refractivity contribution in [1.82, 2.24) is 15.5 Å². The van der Waals surface area contributed by atoms with Crippen LogP contribution in [0.4, 0.5) is 0 Å². The number of carbonyl (C=O) groups excluding carboxylic acids is 1. The van der Waals surface area contributed by atoms with Crippen LogP contribution in [0.25, 0.3) is 0 Å². The number of likely N-dealkylation sites (tertiary alicyclic amines) is 1. The highest BCUT2D eigenvalue weighted by molar-refractivity contribution is 5.83. The first kappa shape index (κ1) is 12.4. The van der Waals surface area contributed by atoms with Crippen molar-refractivity contribution in [3.8, 4) is 0 Å². The fourth-order valence-corrected chi connectivity index (χ4v) is 3.39. The Kier molecular flexibility index (Phi) is 3.54. The van der Waals surface area contributed by atoms with Gasteiger partial charge in [-0.3, -0.25) is 4.79 Å². The highest BCUT2D eigenvalue weighted by Gasteiger charge is 2.37. The fourth-order valence-electron chi connectivity index (χ4n) is 3.39. The number of rotatable bonds is 1. The van der Waals surface area contributed by atoms with Crippen molar-refractivity contribution in [2.75, 3.05) is 26.2 Å². The normalized spacial score (nSPS) is 40.6. The third kappa shape index (κ3) is 2.39. The predicted octanol–water partition coefficient (Wildman–Crippen LogP) is -0.284. The van der Waals surface area contributed by atoms with Gasteiger partial charge in [-0.25, -0.2) is 0 Å². The van der Waals surface area contributed by atoms with Crippen LogP contribution in [0.3, 0.4) is 0 Å². The van der Waals surface area contributed by atoms with Crippen LogP contribution in [-0.2, 0) is 9.53 Å². The van der Waals surface area contributed by atoms with Crippen LogP contribution >= 0.6 is 0 Å². The Balaban J connectivity index is 1.64. The minimum absolute atomic E-state index is 0.0130. The number of nitrogens with one attached hydrogen (secondary N) is 2. The van der Waals surface area contributed by atoms with Crippen LogP contribution in [0.2, 0.25) is 0 Å². The quantitative estimate of drug-likeness (QED) is 0.675. The summed E-state index contributed by atoms with van der Waals surface area (Å²) in [4.78, 5) is 14.6. The third-order valence-electron chi connectivity index (χ3n) is 4.35. The summed E-state index contributed by atoms with van der Waals surface area (Å²) in [7, 11) is 0. The van der Waals surface area contributed by atoms with Gasteiger partial charge in [-0.15, -0.1) is 0 Å². The number of piperazine rings is 1. The van der Waals surface area contributed by atoms with Crippen molar-refractivity contribution >= 4 is 5.91 Å². The van der Waals surface area contributed by atoms with E-state index in [1.165, 1.54) is 19.3 Å². The van der Waals surface area contributed by atoms with Crippen LogP contribution in [0.1, 0.15) is 26.2 Å². The molecule has 5 nitrogen and oxygen atoms in total. The zero-order valence-corrected chi connectivity index (χ0v) is 11.0. The molecule has 1 amide bonds. The Hall–Kier alpha value is -0.650. The van der Waals surface area contributed by atoms with Gasteiger partial charge in [0, 0.05) is 31.7 Å². The maximum absolute atomic E-state index is 12.6. The average Bonchev–Trinajstić information content (AvgIpc) is 2.38. The molecule has 2 bridgehead atoms. The van der Waals surface area contributed by atoms with Crippen LogP contribution in [-0.4, -0.2) is 61.3 Å². The Morgan fingerprint density at radius 3 is 2.67 bits per heavy atom. The molecule has 2 N–H and O–H groups in total. The molecule has 0 radical (unpaired) electrons. The topological polar surface area (TPSA) is 53.6 Å². The van der Waals surface area contributed by atoms with Crippen LogP contribution < -0.4 is 10.6 Å². The lowest BCUT2D eigenvalue weighted by Crippen LogP contribution is -2.64. The van der Waals surface area contributed by atoms with Gasteiger partial charge in [0.15, 0.2) is 0 Å². The van der Waals surface area contributed by atoms with E-state index in [0.29, 0.717) is 18.7 Å². The molecular formula is C13H23N3O2. The van der Waals surface area contributed by atoms with Crippen LogP contribution in [0, 0.1) is 0 Å². The summed E-state index contributed by atoms with van der Waals surface area (Å²) < 4.78 is 5.57. The first-order valence-corrected chi connectivity index (χ1v) is 7.14. The summed E-state index contributed by atoms with van der Waals surface area (Å²) in [5, 5.41) is 6.90. The van der Waals surface area contributed by atoms with E-state index in [1.54, 1.807) is 0 Å². The number of ether oxygens (including phenoxy) is 1. The largest absolute Gasteiger partial charge is 0.375 e. The van der Waals surface area contributed by atoms with Crippen molar-refractivity contribution < 1.29 is 9.53 Å². The standard InChI is InChI=1S/C13H23N3O2/c1-9-12(14-5-6-18-9)13(17)16-7-10-3-2-4-11(8-16)15-10/h9-12,14-15H,2-8H2,1H3/t9-,10?,11?,12+/m1/s1. The number of carbonyl (C=O) groups is 1. The number of morpholine rings is 1. The van der Waals surface area contributed by atoms with Gasteiger partial charge in [0.2, 0.25) is 5.91 Å². The fraction of sp³-hybridized carbons (Fsp3) is 0.923. The molecule has 0 aromatic rings. The third-order valence-corrected chi connectivity index (χ3v) is 4.35. The van der Waals surface area contributed by atoms with Gasteiger partial charge in [0.05, 0.1) is 12.7 Å². The van der Waals surface area contributed by atoms with Gasteiger partial charge in [-0.05, 0) is 19.8 Å². The van der Waals surface area contributed by atoms with Gasteiger partial charge in [-0.1, -0.05) is 6.42 Å². The van der Waals surface area contributed by atoms with Crippen molar-refractivity contribution in [2.24, 2.45) is 0 Å². The van der Waals surface area contributed by atoms with Crippen molar-refractivity contribution in [1.29, 1.82) is 0 Å². The first-order chi connectivity index (χ1) is 8.74. The van der Waals surface area contributed by atoms with Crippen molar-refractivity contribution in [3.05, 3.63) is 0 Å². The van der Waals surface area contributed by atoms with E-state index in [-0.39, 0.29) is 18.1 Å². The first-order valence-electron chi connectivity index (χ1n) is 7.14. The maximum atomic E-state index is 12.6. The number of nitrogens with zero attached hydrogens (tertiary/aromatic N) is 1. The molecule has 0 spiro atoms. The second-order valence-electron chi connectivity index (χ2n) is 5.74. The summed E-state index contributed by atoms with van der Waals surface area (Å²) >= 11 is 0. The lowest BCUT2D eigenvalue weighted by molar-refractivity contribution is -0.141. The molecule has 3 aliphatic rings. The molecule has 102 valence electrons. The number of amides is 1. The van der Waals surface area contributed by atoms with Crippen molar-refractivity contribution in [3.63, 3.8) is 0 Å². The predicted molar refractivity (Wildman–Crippen MR) is 68.3 cm³/mol. The molecule has 3 heterocycles. The lowest BCUT2D eigenvalue weighted by Gasteiger charge is -2.44. The van der Waals surface area contributed by atoms with Crippen LogP contribution in [0.15, 0.2) is 0 Å². The lowest BCUT2D eigenvalue weighted by atomic mass is 9.93. The monoisotopic (exact) mass is 253 g/mol. The Morgan fingerprint density at radius 1 is 1.28 bits per heavy atom. The molecule has 0 aromatic heterocycles. The van der Waals surface area contributed by atoms with Gasteiger partial charge < -0.3 is 20.3 Å². The molecule has 0 saturated carbocycles. The van der Waals surface area contributed by atoms with Crippen LogP contribution in [0.5, 0.6) is 0 Å². The molecule has 3 rings (SSSR count). The Bertz CT molecular complexity index is 311. The zero-order chi connectivity index (χ0) is 12.5. The molecule has 4 atom stereocenters. The van der Waals surface area contributed by atoms with E-state index in [2.05, 4.69) is 10.6 Å². The van der Waals surface area contributed by atoms with E-state index in [9.17, 15) is 4.79 Å². The molecule has 18 heavy (non-hydrogen) atoms. The molecule has 3 fully saturated rings. The number of hydrogen-bond donors (Lipinski definition) is 2. The molecule has 5 heteroatoms. The maximum Gasteiger partial charge on any atom is 0.242 e. The highest BCUT2D eigenvalue weighted by atomic mass is 16.5. The van der Waals surface area contributed by atoms with E-state index in [4.69, 9.17) is 4.74 Å². The number of fused-ring (bicyclic) bond motifs is 2. The summed E-state index contributed by atoms with van der Waals surface area (Å²) in [6.07, 6.45) is 3.68. The molecular weight excluding hydrogens is 230 g/mol. The second-order valence-corrected chi connectivity index (χ2v) is 5.74. The average molecular weight is 253 g/mol. The second kappa shape index (κ2) is 5.15.